The summed E-state index contributed by atoms with van der Waals surface area (Å²) in [7, 11) is -2.95. The molecule has 1 saturated carbocycles. The molecule has 1 heterocycles. The molecule has 0 saturated heterocycles. The third kappa shape index (κ3) is 3.10. The second-order valence-corrected chi connectivity index (χ2v) is 8.55. The zero-order chi connectivity index (χ0) is 19.2. The van der Waals surface area contributed by atoms with E-state index in [1.165, 1.54) is 25.2 Å². The fourth-order valence-electron chi connectivity index (χ4n) is 2.69. The Morgan fingerprint density at radius 1 is 1.38 bits per heavy atom. The summed E-state index contributed by atoms with van der Waals surface area (Å²) in [5, 5.41) is 3.83. The average molecular weight is 420 g/mol. The van der Waals surface area contributed by atoms with E-state index < -0.39 is 27.9 Å². The number of rotatable bonds is 5. The minimum atomic E-state index is -4.31. The van der Waals surface area contributed by atoms with E-state index in [1.54, 1.807) is 6.92 Å². The van der Waals surface area contributed by atoms with Crippen LogP contribution >= 0.6 is 23.2 Å². The molecule has 0 aliphatic heterocycles. The topological polar surface area (TPSA) is 72.3 Å². The van der Waals surface area contributed by atoms with Gasteiger partial charge in [-0.2, -0.15) is 9.49 Å². The Kier molecular flexibility index (Phi) is 5.02. The number of sulfonamides is 1. The van der Waals surface area contributed by atoms with Gasteiger partial charge < -0.3 is 0 Å². The largest absolute Gasteiger partial charge is 0.274 e. The lowest BCUT2D eigenvalue weighted by atomic mass is 10.2. The van der Waals surface area contributed by atoms with Gasteiger partial charge in [0.2, 0.25) is 5.95 Å². The minimum Gasteiger partial charge on any atom is -0.268 e. The van der Waals surface area contributed by atoms with Gasteiger partial charge in [0.15, 0.2) is 0 Å². The number of benzene rings is 1. The van der Waals surface area contributed by atoms with Gasteiger partial charge in [-0.25, -0.2) is 17.4 Å². The molecule has 0 radical (unpaired) electrons. The SMILES string of the molecule is CCc1nn(C)c(F)c1C(=O)N(C1CC1)S(=O)(=O)c1cccc(Cl)c1Cl. The Balaban J connectivity index is 2.14. The molecule has 3 rings (SSSR count). The van der Waals surface area contributed by atoms with E-state index >= 15 is 0 Å². The molecule has 0 atom stereocenters. The van der Waals surface area contributed by atoms with Crippen LogP contribution in [0.15, 0.2) is 23.1 Å². The molecule has 10 heteroatoms. The van der Waals surface area contributed by atoms with E-state index in [2.05, 4.69) is 5.10 Å². The lowest BCUT2D eigenvalue weighted by molar-refractivity contribution is 0.0849. The molecule has 1 amide bonds. The highest BCUT2D eigenvalue weighted by molar-refractivity contribution is 7.89. The molecule has 1 aliphatic carbocycles. The standard InChI is InChI=1S/C16H16Cl2FN3O3S/c1-3-11-13(15(19)21(2)20-11)16(23)22(9-7-8-9)26(24,25)12-6-4-5-10(17)14(12)18/h4-6,9H,3,7-8H2,1-2H3. The summed E-state index contributed by atoms with van der Waals surface area (Å²) in [6, 6.07) is 3.61. The summed E-state index contributed by atoms with van der Waals surface area (Å²) < 4.78 is 42.4. The third-order valence-electron chi connectivity index (χ3n) is 4.13. The van der Waals surface area contributed by atoms with Gasteiger partial charge in [-0.3, -0.25) is 4.79 Å². The Bertz CT molecular complexity index is 987. The van der Waals surface area contributed by atoms with Gasteiger partial charge in [-0.15, -0.1) is 0 Å². The van der Waals surface area contributed by atoms with Crippen LogP contribution in [0.2, 0.25) is 10.0 Å². The number of hydrogen-bond acceptors (Lipinski definition) is 4. The summed E-state index contributed by atoms with van der Waals surface area (Å²) in [6.45, 7) is 1.71. The van der Waals surface area contributed by atoms with Crippen molar-refractivity contribution < 1.29 is 17.6 Å². The predicted molar refractivity (Wildman–Crippen MR) is 95.4 cm³/mol. The van der Waals surface area contributed by atoms with Gasteiger partial charge in [-0.1, -0.05) is 36.2 Å². The number of nitrogens with zero attached hydrogens (tertiary/aromatic N) is 3. The first-order chi connectivity index (χ1) is 12.2. The number of halogens is 3. The van der Waals surface area contributed by atoms with Crippen molar-refractivity contribution in [3.8, 4) is 0 Å². The Morgan fingerprint density at radius 2 is 2.04 bits per heavy atom. The van der Waals surface area contributed by atoms with Gasteiger partial charge in [0.1, 0.15) is 10.5 Å². The lowest BCUT2D eigenvalue weighted by Gasteiger charge is -2.23. The van der Waals surface area contributed by atoms with Crippen LogP contribution in [0.4, 0.5) is 4.39 Å². The second kappa shape index (κ2) is 6.83. The minimum absolute atomic E-state index is 0.0535. The third-order valence-corrected chi connectivity index (χ3v) is 6.94. The number of aryl methyl sites for hydroxylation is 2. The van der Waals surface area contributed by atoms with Gasteiger partial charge in [0.05, 0.1) is 15.7 Å². The molecule has 1 aromatic heterocycles. The number of aromatic nitrogens is 2. The van der Waals surface area contributed by atoms with Gasteiger partial charge in [-0.05, 0) is 31.4 Å². The van der Waals surface area contributed by atoms with Gasteiger partial charge in [0.25, 0.3) is 15.9 Å². The number of hydrogen-bond donors (Lipinski definition) is 0. The summed E-state index contributed by atoms with van der Waals surface area (Å²) in [6.07, 6.45) is 1.30. The first-order valence-electron chi connectivity index (χ1n) is 7.94. The molecular weight excluding hydrogens is 404 g/mol. The van der Waals surface area contributed by atoms with Crippen molar-refractivity contribution in [3.63, 3.8) is 0 Å². The van der Waals surface area contributed by atoms with Crippen molar-refractivity contribution >= 4 is 39.1 Å². The zero-order valence-electron chi connectivity index (χ0n) is 14.0. The summed E-state index contributed by atoms with van der Waals surface area (Å²) >= 11 is 12.0. The molecule has 140 valence electrons. The molecule has 0 bridgehead atoms. The van der Waals surface area contributed by atoms with E-state index in [4.69, 9.17) is 23.2 Å². The highest BCUT2D eigenvalue weighted by atomic mass is 35.5. The van der Waals surface area contributed by atoms with E-state index in [0.29, 0.717) is 17.1 Å². The molecule has 1 fully saturated rings. The predicted octanol–water partition coefficient (Wildman–Crippen LogP) is 3.42. The first kappa shape index (κ1) is 19.1. The monoisotopic (exact) mass is 419 g/mol. The van der Waals surface area contributed by atoms with Crippen LogP contribution < -0.4 is 0 Å². The van der Waals surface area contributed by atoms with Gasteiger partial charge in [0, 0.05) is 13.1 Å². The van der Waals surface area contributed by atoms with E-state index in [1.807, 2.05) is 0 Å². The Labute approximate surface area is 160 Å². The molecule has 0 N–H and O–H groups in total. The van der Waals surface area contributed by atoms with Crippen molar-refractivity contribution in [2.45, 2.75) is 37.1 Å². The molecular formula is C16H16Cl2FN3O3S. The van der Waals surface area contributed by atoms with Crippen LogP contribution in [0, 0.1) is 5.95 Å². The van der Waals surface area contributed by atoms with E-state index in [-0.39, 0.29) is 32.6 Å². The fourth-order valence-corrected chi connectivity index (χ4v) is 5.06. The van der Waals surface area contributed by atoms with Crippen LogP contribution in [0.5, 0.6) is 0 Å². The summed E-state index contributed by atoms with van der Waals surface area (Å²) in [5.41, 5.74) is -0.128. The van der Waals surface area contributed by atoms with Gasteiger partial charge >= 0.3 is 0 Å². The quantitative estimate of drug-likeness (QED) is 0.743. The maximum absolute atomic E-state index is 14.4. The summed E-state index contributed by atoms with van der Waals surface area (Å²) in [4.78, 5) is 12.8. The second-order valence-electron chi connectivity index (χ2n) is 5.98. The van der Waals surface area contributed by atoms with Crippen LogP contribution in [0.1, 0.15) is 35.8 Å². The highest BCUT2D eigenvalue weighted by Gasteiger charge is 2.44. The average Bonchev–Trinajstić information content (AvgIpc) is 3.35. The first-order valence-corrected chi connectivity index (χ1v) is 10.1. The van der Waals surface area contributed by atoms with E-state index in [0.717, 1.165) is 4.68 Å². The van der Waals surface area contributed by atoms with Crippen molar-refractivity contribution in [2.24, 2.45) is 7.05 Å². The van der Waals surface area contributed by atoms with Crippen LogP contribution in [-0.2, 0) is 23.5 Å². The van der Waals surface area contributed by atoms with Crippen molar-refractivity contribution in [1.82, 2.24) is 14.1 Å². The van der Waals surface area contributed by atoms with Crippen LogP contribution in [-0.4, -0.2) is 34.5 Å². The Hall–Kier alpha value is -1.64. The molecule has 2 aromatic rings. The molecule has 26 heavy (non-hydrogen) atoms. The number of carbonyl (C=O) groups excluding carboxylic acids is 1. The summed E-state index contributed by atoms with van der Waals surface area (Å²) in [5.74, 6) is -1.81. The molecule has 1 aliphatic rings. The van der Waals surface area contributed by atoms with Crippen molar-refractivity contribution in [1.29, 1.82) is 0 Å². The number of carbonyl (C=O) groups is 1. The van der Waals surface area contributed by atoms with Crippen molar-refractivity contribution in [2.75, 3.05) is 0 Å². The highest BCUT2D eigenvalue weighted by Crippen LogP contribution is 2.38. The Morgan fingerprint density at radius 3 is 2.62 bits per heavy atom. The lowest BCUT2D eigenvalue weighted by Crippen LogP contribution is -2.39. The molecule has 1 aromatic carbocycles. The fraction of sp³-hybridized carbons (Fsp3) is 0.375. The normalized spacial score (nSPS) is 14.5. The molecule has 0 unspecified atom stereocenters. The maximum Gasteiger partial charge on any atom is 0.274 e. The molecule has 0 spiro atoms. The van der Waals surface area contributed by atoms with Crippen LogP contribution in [0.3, 0.4) is 0 Å². The van der Waals surface area contributed by atoms with Crippen molar-refractivity contribution in [3.05, 3.63) is 45.4 Å². The van der Waals surface area contributed by atoms with E-state index in [9.17, 15) is 17.6 Å². The smallest absolute Gasteiger partial charge is 0.268 e. The maximum atomic E-state index is 14.4. The molecule has 6 nitrogen and oxygen atoms in total. The number of amides is 1. The van der Waals surface area contributed by atoms with Crippen LogP contribution in [0.25, 0.3) is 0 Å². The zero-order valence-corrected chi connectivity index (χ0v) is 16.4.